The summed E-state index contributed by atoms with van der Waals surface area (Å²) in [7, 11) is 0. The van der Waals surface area contributed by atoms with Crippen LogP contribution in [-0.2, 0) is 11.2 Å². The lowest BCUT2D eigenvalue weighted by Gasteiger charge is -2.07. The second-order valence-corrected chi connectivity index (χ2v) is 6.58. The number of phenols is 1. The number of rotatable bonds is 5. The number of hydrogen-bond donors (Lipinski definition) is 2. The molecule has 5 heteroatoms. The summed E-state index contributed by atoms with van der Waals surface area (Å²) in [5.41, 5.74) is 2.39. The third-order valence-corrected chi connectivity index (χ3v) is 4.49. The highest BCUT2D eigenvalue weighted by Crippen LogP contribution is 2.20. The molecule has 4 rings (SSSR count). The molecular formula is C23H19N3O2. The summed E-state index contributed by atoms with van der Waals surface area (Å²) in [4.78, 5) is 20.8. The van der Waals surface area contributed by atoms with Gasteiger partial charge in [0.1, 0.15) is 5.75 Å². The fourth-order valence-corrected chi connectivity index (χ4v) is 3.06. The largest absolute Gasteiger partial charge is 0.508 e. The first-order chi connectivity index (χ1) is 13.7. The first-order valence-corrected chi connectivity index (χ1v) is 9.06. The number of fused-ring (bicyclic) bond motifs is 1. The molecule has 28 heavy (non-hydrogen) atoms. The van der Waals surface area contributed by atoms with Crippen molar-refractivity contribution in [1.82, 2.24) is 9.97 Å². The molecule has 0 bridgehead atoms. The molecule has 138 valence electrons. The summed E-state index contributed by atoms with van der Waals surface area (Å²) in [6, 6.07) is 21.2. The average molecular weight is 369 g/mol. The lowest BCUT2D eigenvalue weighted by atomic mass is 10.0. The van der Waals surface area contributed by atoms with Crippen LogP contribution in [0.5, 0.6) is 5.75 Å². The van der Waals surface area contributed by atoms with Crippen LogP contribution in [0, 0.1) is 0 Å². The number of amides is 1. The van der Waals surface area contributed by atoms with Crippen molar-refractivity contribution in [1.29, 1.82) is 0 Å². The van der Waals surface area contributed by atoms with Gasteiger partial charge in [-0.15, -0.1) is 0 Å². The van der Waals surface area contributed by atoms with Gasteiger partial charge in [-0.25, -0.2) is 9.97 Å². The Morgan fingerprint density at radius 3 is 2.46 bits per heavy atom. The predicted molar refractivity (Wildman–Crippen MR) is 110 cm³/mol. The SMILES string of the molecule is O=C(CCc1ccc2ccccc2c1)Nc1cnc(-c2cccc(O)c2)nc1. The fourth-order valence-electron chi connectivity index (χ4n) is 3.06. The van der Waals surface area contributed by atoms with E-state index in [1.165, 1.54) is 10.8 Å². The van der Waals surface area contributed by atoms with Crippen molar-refractivity contribution in [2.75, 3.05) is 5.32 Å². The lowest BCUT2D eigenvalue weighted by molar-refractivity contribution is -0.116. The Bertz CT molecular complexity index is 1120. The monoisotopic (exact) mass is 369 g/mol. The molecule has 1 amide bonds. The van der Waals surface area contributed by atoms with Crippen molar-refractivity contribution in [2.45, 2.75) is 12.8 Å². The van der Waals surface area contributed by atoms with E-state index in [0.29, 0.717) is 29.9 Å². The number of aryl methyl sites for hydroxylation is 1. The number of nitrogens with zero attached hydrogens (tertiary/aromatic N) is 2. The van der Waals surface area contributed by atoms with Crippen molar-refractivity contribution >= 4 is 22.4 Å². The van der Waals surface area contributed by atoms with E-state index in [4.69, 9.17) is 0 Å². The summed E-state index contributed by atoms with van der Waals surface area (Å²) in [5.74, 6) is 0.569. The van der Waals surface area contributed by atoms with Crippen LogP contribution >= 0.6 is 0 Å². The van der Waals surface area contributed by atoms with Crippen LogP contribution in [0.3, 0.4) is 0 Å². The van der Waals surface area contributed by atoms with Crippen molar-refractivity contribution in [3.8, 4) is 17.1 Å². The predicted octanol–water partition coefficient (Wildman–Crippen LogP) is 4.57. The van der Waals surface area contributed by atoms with Crippen molar-refractivity contribution < 1.29 is 9.90 Å². The minimum absolute atomic E-state index is 0.0816. The van der Waals surface area contributed by atoms with Crippen molar-refractivity contribution in [3.63, 3.8) is 0 Å². The molecule has 0 atom stereocenters. The molecule has 0 saturated heterocycles. The average Bonchev–Trinajstić information content (AvgIpc) is 2.73. The smallest absolute Gasteiger partial charge is 0.224 e. The Hall–Kier alpha value is -3.73. The number of carbonyl (C=O) groups excluding carboxylic acids is 1. The number of aromatic nitrogens is 2. The maximum absolute atomic E-state index is 12.2. The number of benzene rings is 3. The molecule has 0 aliphatic carbocycles. The van der Waals surface area contributed by atoms with Crippen molar-refractivity contribution in [3.05, 3.63) is 84.7 Å². The number of phenolic OH excluding ortho intramolecular Hbond substituents is 1. The Morgan fingerprint density at radius 1 is 0.893 bits per heavy atom. The Labute approximate surface area is 162 Å². The molecule has 3 aromatic carbocycles. The zero-order valence-corrected chi connectivity index (χ0v) is 15.2. The van der Waals surface area contributed by atoms with Crippen molar-refractivity contribution in [2.24, 2.45) is 0 Å². The second-order valence-electron chi connectivity index (χ2n) is 6.58. The van der Waals surface area contributed by atoms with Gasteiger partial charge >= 0.3 is 0 Å². The molecule has 0 aliphatic heterocycles. The molecule has 5 nitrogen and oxygen atoms in total. The summed E-state index contributed by atoms with van der Waals surface area (Å²) in [6.45, 7) is 0. The Balaban J connectivity index is 1.36. The Morgan fingerprint density at radius 2 is 1.68 bits per heavy atom. The zero-order valence-electron chi connectivity index (χ0n) is 15.2. The number of aromatic hydroxyl groups is 1. The summed E-state index contributed by atoms with van der Waals surface area (Å²) in [5, 5.41) is 14.7. The number of anilines is 1. The third kappa shape index (κ3) is 4.15. The molecule has 1 aromatic heterocycles. The van der Waals surface area contributed by atoms with E-state index in [2.05, 4.69) is 45.6 Å². The minimum atomic E-state index is -0.0816. The van der Waals surface area contributed by atoms with Gasteiger partial charge in [-0.05, 0) is 34.9 Å². The minimum Gasteiger partial charge on any atom is -0.508 e. The van der Waals surface area contributed by atoms with Gasteiger partial charge in [0, 0.05) is 12.0 Å². The zero-order chi connectivity index (χ0) is 19.3. The van der Waals surface area contributed by atoms with Gasteiger partial charge in [-0.1, -0.05) is 54.6 Å². The van der Waals surface area contributed by atoms with Gasteiger partial charge in [-0.3, -0.25) is 4.79 Å². The van der Waals surface area contributed by atoms with Gasteiger partial charge in [0.05, 0.1) is 18.1 Å². The Kier molecular flexibility index (Phi) is 4.97. The maximum Gasteiger partial charge on any atom is 0.224 e. The van der Waals surface area contributed by atoms with Crippen LogP contribution < -0.4 is 5.32 Å². The van der Waals surface area contributed by atoms with E-state index < -0.39 is 0 Å². The number of hydrogen-bond acceptors (Lipinski definition) is 4. The van der Waals surface area contributed by atoms with Gasteiger partial charge in [0.2, 0.25) is 5.91 Å². The van der Waals surface area contributed by atoms with E-state index in [1.54, 1.807) is 30.6 Å². The maximum atomic E-state index is 12.2. The highest BCUT2D eigenvalue weighted by Gasteiger charge is 2.06. The van der Waals surface area contributed by atoms with Gasteiger partial charge in [0.15, 0.2) is 5.82 Å². The quantitative estimate of drug-likeness (QED) is 0.540. The molecule has 0 unspecified atom stereocenters. The van der Waals surface area contributed by atoms with E-state index >= 15 is 0 Å². The third-order valence-electron chi connectivity index (χ3n) is 4.49. The lowest BCUT2D eigenvalue weighted by Crippen LogP contribution is -2.12. The molecule has 0 fully saturated rings. The normalized spacial score (nSPS) is 10.7. The molecule has 0 spiro atoms. The highest BCUT2D eigenvalue weighted by molar-refractivity contribution is 5.90. The van der Waals surface area contributed by atoms with E-state index in [-0.39, 0.29) is 11.7 Å². The van der Waals surface area contributed by atoms with Gasteiger partial charge < -0.3 is 10.4 Å². The van der Waals surface area contributed by atoms with Crippen LogP contribution in [0.4, 0.5) is 5.69 Å². The standard InChI is InChI=1S/C23H19N3O2/c27-21-7-3-6-19(13-21)23-24-14-20(15-25-23)26-22(28)11-9-16-8-10-17-4-1-2-5-18(17)12-16/h1-8,10,12-15,27H,9,11H2,(H,26,28). The number of carbonyl (C=O) groups is 1. The van der Waals surface area contributed by atoms with E-state index in [1.807, 2.05) is 18.2 Å². The summed E-state index contributed by atoms with van der Waals surface area (Å²) in [6.07, 6.45) is 4.19. The molecule has 0 saturated carbocycles. The molecule has 1 heterocycles. The first kappa shape index (κ1) is 17.7. The molecule has 0 radical (unpaired) electrons. The van der Waals surface area contributed by atoms with Crippen LogP contribution in [0.2, 0.25) is 0 Å². The van der Waals surface area contributed by atoms with Crippen LogP contribution in [0.25, 0.3) is 22.2 Å². The molecule has 4 aromatic rings. The topological polar surface area (TPSA) is 75.1 Å². The number of nitrogens with one attached hydrogen (secondary N) is 1. The van der Waals surface area contributed by atoms with Crippen LogP contribution in [-0.4, -0.2) is 21.0 Å². The first-order valence-electron chi connectivity index (χ1n) is 9.06. The fraction of sp³-hybridized carbons (Fsp3) is 0.0870. The van der Waals surface area contributed by atoms with Crippen LogP contribution in [0.1, 0.15) is 12.0 Å². The molecule has 2 N–H and O–H groups in total. The van der Waals surface area contributed by atoms with Gasteiger partial charge in [-0.2, -0.15) is 0 Å². The van der Waals surface area contributed by atoms with Crippen LogP contribution in [0.15, 0.2) is 79.1 Å². The van der Waals surface area contributed by atoms with E-state index in [9.17, 15) is 9.90 Å². The molecule has 0 aliphatic rings. The summed E-state index contributed by atoms with van der Waals surface area (Å²) < 4.78 is 0. The second kappa shape index (κ2) is 7.88. The highest BCUT2D eigenvalue weighted by atomic mass is 16.3. The van der Waals surface area contributed by atoms with E-state index in [0.717, 1.165) is 5.56 Å². The molecular weight excluding hydrogens is 350 g/mol. The summed E-state index contributed by atoms with van der Waals surface area (Å²) >= 11 is 0. The van der Waals surface area contributed by atoms with Gasteiger partial charge in [0.25, 0.3) is 0 Å².